The average molecular weight is 276 g/mol. The fraction of sp³-hybridized carbons (Fsp3) is 0. The third kappa shape index (κ3) is 2.74. The number of rotatable bonds is 3. The number of benzene rings is 2. The summed E-state index contributed by atoms with van der Waals surface area (Å²) in [7, 11) is 0. The quantitative estimate of drug-likeness (QED) is 0.662. The van der Waals surface area contributed by atoms with Gasteiger partial charge in [0.2, 0.25) is 0 Å². The van der Waals surface area contributed by atoms with Crippen LogP contribution < -0.4 is 16.3 Å². The van der Waals surface area contributed by atoms with E-state index in [9.17, 15) is 4.79 Å². The molecule has 0 amide bonds. The van der Waals surface area contributed by atoms with E-state index in [0.717, 1.165) is 0 Å². The molecule has 3 nitrogen and oxygen atoms in total. The molecular formula is C13H13N2OPS. The van der Waals surface area contributed by atoms with E-state index in [1.54, 1.807) is 36.4 Å². The second-order valence-corrected chi connectivity index (χ2v) is 7.63. The van der Waals surface area contributed by atoms with Gasteiger partial charge in [0, 0.05) is 16.4 Å². The molecule has 0 unspecified atom stereocenters. The van der Waals surface area contributed by atoms with Gasteiger partial charge in [0.1, 0.15) is 0 Å². The molecule has 0 saturated carbocycles. The summed E-state index contributed by atoms with van der Waals surface area (Å²) in [5, 5.41) is 0.578. The van der Waals surface area contributed by atoms with E-state index in [1.165, 1.54) is 0 Å². The first-order chi connectivity index (χ1) is 8.50. The van der Waals surface area contributed by atoms with Crippen molar-refractivity contribution >= 4 is 29.2 Å². The van der Waals surface area contributed by atoms with Crippen molar-refractivity contribution in [1.29, 1.82) is 0 Å². The molecule has 0 radical (unpaired) electrons. The Morgan fingerprint density at radius 3 is 2.11 bits per heavy atom. The summed E-state index contributed by atoms with van der Waals surface area (Å²) in [6.07, 6.45) is -2.62. The Bertz CT molecular complexity index is 622. The number of carbonyl (C=O) groups excluding carboxylic acids is 1. The lowest BCUT2D eigenvalue weighted by molar-refractivity contribution is 0.104. The van der Waals surface area contributed by atoms with E-state index < -0.39 is 6.34 Å². The average Bonchev–Trinajstić information content (AvgIpc) is 2.38. The van der Waals surface area contributed by atoms with Gasteiger partial charge in [0.05, 0.1) is 6.34 Å². The lowest BCUT2D eigenvalue weighted by Gasteiger charge is -2.14. The van der Waals surface area contributed by atoms with Crippen LogP contribution in [-0.2, 0) is 11.8 Å². The lowest BCUT2D eigenvalue weighted by atomic mass is 10.0. The SMILES string of the molecule is NP(N)(=S)c1ccccc1C(=O)c1ccccc1. The minimum absolute atomic E-state index is 0.101. The number of nitrogens with two attached hydrogens (primary N) is 2. The molecule has 18 heavy (non-hydrogen) atoms. The summed E-state index contributed by atoms with van der Waals surface area (Å²) in [4.78, 5) is 12.4. The van der Waals surface area contributed by atoms with E-state index >= 15 is 0 Å². The second-order valence-electron chi connectivity index (χ2n) is 3.92. The van der Waals surface area contributed by atoms with Crippen molar-refractivity contribution in [3.05, 3.63) is 65.7 Å². The van der Waals surface area contributed by atoms with Crippen LogP contribution in [0.5, 0.6) is 0 Å². The highest BCUT2D eigenvalue weighted by Gasteiger charge is 2.18. The molecule has 0 aliphatic carbocycles. The van der Waals surface area contributed by atoms with Gasteiger partial charge in [0.15, 0.2) is 5.78 Å². The minimum Gasteiger partial charge on any atom is -0.289 e. The van der Waals surface area contributed by atoms with Crippen LogP contribution in [0.15, 0.2) is 54.6 Å². The molecule has 0 saturated heterocycles. The van der Waals surface area contributed by atoms with Crippen LogP contribution in [0.1, 0.15) is 15.9 Å². The van der Waals surface area contributed by atoms with E-state index in [4.69, 9.17) is 22.8 Å². The van der Waals surface area contributed by atoms with Crippen LogP contribution in [0.25, 0.3) is 0 Å². The molecule has 0 spiro atoms. The topological polar surface area (TPSA) is 69.1 Å². The molecule has 92 valence electrons. The van der Waals surface area contributed by atoms with E-state index in [-0.39, 0.29) is 5.78 Å². The Kier molecular flexibility index (Phi) is 3.73. The third-order valence-electron chi connectivity index (χ3n) is 2.56. The first-order valence-corrected chi connectivity index (χ1v) is 8.31. The van der Waals surface area contributed by atoms with Crippen LogP contribution in [0.3, 0.4) is 0 Å². The van der Waals surface area contributed by atoms with E-state index in [1.807, 2.05) is 18.2 Å². The van der Waals surface area contributed by atoms with Crippen LogP contribution in [-0.4, -0.2) is 5.78 Å². The molecular weight excluding hydrogens is 263 g/mol. The molecule has 4 N–H and O–H groups in total. The number of carbonyl (C=O) groups is 1. The van der Waals surface area contributed by atoms with Crippen molar-refractivity contribution in [1.82, 2.24) is 0 Å². The molecule has 0 atom stereocenters. The monoisotopic (exact) mass is 276 g/mol. The van der Waals surface area contributed by atoms with Crippen molar-refractivity contribution in [3.8, 4) is 0 Å². The van der Waals surface area contributed by atoms with Gasteiger partial charge in [-0.15, -0.1) is 0 Å². The normalized spacial score (nSPS) is 11.2. The molecule has 0 fully saturated rings. The van der Waals surface area contributed by atoms with Crippen LogP contribution in [0, 0.1) is 0 Å². The summed E-state index contributed by atoms with van der Waals surface area (Å²) in [6, 6.07) is 16.0. The minimum atomic E-state index is -2.62. The van der Waals surface area contributed by atoms with Crippen molar-refractivity contribution in [2.75, 3.05) is 0 Å². The Morgan fingerprint density at radius 1 is 0.944 bits per heavy atom. The number of hydrogen-bond acceptors (Lipinski definition) is 2. The summed E-state index contributed by atoms with van der Waals surface area (Å²) >= 11 is 5.12. The van der Waals surface area contributed by atoms with Crippen LogP contribution >= 0.6 is 6.34 Å². The fourth-order valence-corrected chi connectivity index (χ4v) is 3.06. The number of ketones is 1. The summed E-state index contributed by atoms with van der Waals surface area (Å²) in [6.45, 7) is 0. The van der Waals surface area contributed by atoms with Crippen molar-refractivity contribution in [2.45, 2.75) is 0 Å². The molecule has 0 aliphatic heterocycles. The Labute approximate surface area is 111 Å². The maximum absolute atomic E-state index is 12.4. The second kappa shape index (κ2) is 5.12. The molecule has 0 aliphatic rings. The van der Waals surface area contributed by atoms with E-state index in [2.05, 4.69) is 0 Å². The van der Waals surface area contributed by atoms with Gasteiger partial charge in [-0.2, -0.15) is 0 Å². The van der Waals surface area contributed by atoms with Gasteiger partial charge in [0.25, 0.3) is 0 Å². The molecule has 0 bridgehead atoms. The van der Waals surface area contributed by atoms with Crippen molar-refractivity contribution < 1.29 is 4.79 Å². The zero-order valence-corrected chi connectivity index (χ0v) is 11.3. The van der Waals surface area contributed by atoms with Gasteiger partial charge in [-0.05, 0) is 0 Å². The molecule has 0 aromatic heterocycles. The zero-order valence-electron chi connectivity index (χ0n) is 9.61. The highest BCUT2D eigenvalue weighted by atomic mass is 32.4. The van der Waals surface area contributed by atoms with Gasteiger partial charge < -0.3 is 0 Å². The fourth-order valence-electron chi connectivity index (χ4n) is 1.72. The van der Waals surface area contributed by atoms with E-state index in [0.29, 0.717) is 16.4 Å². The molecule has 2 aromatic carbocycles. The predicted octanol–water partition coefficient (Wildman–Crippen LogP) is 1.77. The standard InChI is InChI=1S/C13H13N2OPS/c14-17(15,18)12-9-5-4-8-11(12)13(16)10-6-2-1-3-7-10/h1-9H,(H4,14,15,18). The van der Waals surface area contributed by atoms with Crippen LogP contribution in [0.4, 0.5) is 0 Å². The maximum atomic E-state index is 12.4. The summed E-state index contributed by atoms with van der Waals surface area (Å²) in [5.41, 5.74) is 12.8. The van der Waals surface area contributed by atoms with Crippen LogP contribution in [0.2, 0.25) is 0 Å². The Hall–Kier alpha value is -1.32. The predicted molar refractivity (Wildman–Crippen MR) is 78.6 cm³/mol. The highest BCUT2D eigenvalue weighted by molar-refractivity contribution is 8.16. The molecule has 2 rings (SSSR count). The summed E-state index contributed by atoms with van der Waals surface area (Å²) < 4.78 is 0. The largest absolute Gasteiger partial charge is 0.289 e. The van der Waals surface area contributed by atoms with Gasteiger partial charge in [-0.1, -0.05) is 66.4 Å². The zero-order chi connectivity index (χ0) is 13.2. The first-order valence-electron chi connectivity index (χ1n) is 5.36. The third-order valence-corrected chi connectivity index (χ3v) is 4.29. The Balaban J connectivity index is 2.53. The smallest absolute Gasteiger partial charge is 0.193 e. The van der Waals surface area contributed by atoms with Gasteiger partial charge >= 0.3 is 0 Å². The molecule has 5 heteroatoms. The van der Waals surface area contributed by atoms with Crippen molar-refractivity contribution in [3.63, 3.8) is 0 Å². The first kappa shape index (κ1) is 13.1. The van der Waals surface area contributed by atoms with Gasteiger partial charge in [-0.3, -0.25) is 15.8 Å². The maximum Gasteiger partial charge on any atom is 0.193 e. The number of hydrogen-bond donors (Lipinski definition) is 2. The lowest BCUT2D eigenvalue weighted by Crippen LogP contribution is -2.24. The highest BCUT2D eigenvalue weighted by Crippen LogP contribution is 2.27. The molecule has 0 heterocycles. The van der Waals surface area contributed by atoms with Gasteiger partial charge in [-0.25, -0.2) is 0 Å². The van der Waals surface area contributed by atoms with Crippen molar-refractivity contribution in [2.24, 2.45) is 11.0 Å². The summed E-state index contributed by atoms with van der Waals surface area (Å²) in [5.74, 6) is -0.101. The molecule has 2 aromatic rings. The Morgan fingerprint density at radius 2 is 1.50 bits per heavy atom.